The molecule has 0 heterocycles. The minimum Gasteiger partial charge on any atom is -0.489 e. The fourth-order valence-electron chi connectivity index (χ4n) is 2.90. The second-order valence-corrected chi connectivity index (χ2v) is 6.96. The Morgan fingerprint density at radius 2 is 1.73 bits per heavy atom. The van der Waals surface area contributed by atoms with Crippen molar-refractivity contribution in [3.63, 3.8) is 0 Å². The first-order valence-electron chi connectivity index (χ1n) is 9.65. The number of hydrogen-bond acceptors (Lipinski definition) is 6. The van der Waals surface area contributed by atoms with Crippen LogP contribution in [0.3, 0.4) is 0 Å². The van der Waals surface area contributed by atoms with E-state index in [0.717, 1.165) is 29.9 Å². The lowest BCUT2D eigenvalue weighted by Gasteiger charge is -2.12. The zero-order valence-corrected chi connectivity index (χ0v) is 16.8. The van der Waals surface area contributed by atoms with Crippen molar-refractivity contribution in [1.29, 1.82) is 5.26 Å². The molecule has 2 N–H and O–H groups in total. The van der Waals surface area contributed by atoms with Crippen LogP contribution in [0.15, 0.2) is 59.8 Å². The minimum absolute atomic E-state index is 0.217. The summed E-state index contributed by atoms with van der Waals surface area (Å²) < 4.78 is 11.6. The van der Waals surface area contributed by atoms with Gasteiger partial charge >= 0.3 is 5.97 Å². The van der Waals surface area contributed by atoms with Gasteiger partial charge in [0.1, 0.15) is 24.7 Å². The summed E-state index contributed by atoms with van der Waals surface area (Å²) in [6.07, 6.45) is 1.96. The monoisotopic (exact) mass is 408 g/mol. The molecule has 1 saturated carbocycles. The smallest absolute Gasteiger partial charge is 0.305 e. The number of carboxylic acids is 1. The molecule has 156 valence electrons. The summed E-state index contributed by atoms with van der Waals surface area (Å²) in [5.41, 5.74) is 6.84. The predicted octanol–water partition coefficient (Wildman–Crippen LogP) is 3.93. The van der Waals surface area contributed by atoms with Gasteiger partial charge in [-0.25, -0.2) is 0 Å². The van der Waals surface area contributed by atoms with Crippen LogP contribution in [0.1, 0.15) is 36.3 Å². The van der Waals surface area contributed by atoms with Gasteiger partial charge in [0, 0.05) is 0 Å². The quantitative estimate of drug-likeness (QED) is 0.543. The molecular formula is C23H24N2O5. The van der Waals surface area contributed by atoms with Gasteiger partial charge in [-0.05, 0) is 53.8 Å². The highest BCUT2D eigenvalue weighted by Gasteiger charge is 2.18. The minimum atomic E-state index is -0.996. The maximum atomic E-state index is 10.8. The first-order chi connectivity index (χ1) is 14.6. The van der Waals surface area contributed by atoms with Gasteiger partial charge in [-0.15, -0.1) is 0 Å². The number of nitrogens with one attached hydrogen (secondary N) is 1. The van der Waals surface area contributed by atoms with E-state index in [1.807, 2.05) is 30.3 Å². The number of ether oxygens (including phenoxy) is 2. The van der Waals surface area contributed by atoms with E-state index < -0.39 is 11.9 Å². The first kappa shape index (κ1) is 21.2. The Bertz CT molecular complexity index is 924. The summed E-state index contributed by atoms with van der Waals surface area (Å²) in [5.74, 6) is -0.248. The number of hydroxylamine groups is 1. The van der Waals surface area contributed by atoms with E-state index in [2.05, 4.69) is 5.48 Å². The number of aliphatic carboxylic acids is 1. The van der Waals surface area contributed by atoms with Crippen molar-refractivity contribution in [3.05, 3.63) is 70.9 Å². The summed E-state index contributed by atoms with van der Waals surface area (Å²) in [5, 5.41) is 18.0. The zero-order chi connectivity index (χ0) is 21.3. The second-order valence-electron chi connectivity index (χ2n) is 6.96. The highest BCUT2D eigenvalue weighted by Crippen LogP contribution is 2.30. The van der Waals surface area contributed by atoms with E-state index in [-0.39, 0.29) is 6.42 Å². The molecule has 0 bridgehead atoms. The highest BCUT2D eigenvalue weighted by molar-refractivity contribution is 5.68. The fraction of sp³-hybridized carbons (Fsp3) is 0.304. The van der Waals surface area contributed by atoms with Crippen LogP contribution in [-0.4, -0.2) is 24.8 Å². The molecule has 30 heavy (non-hydrogen) atoms. The largest absolute Gasteiger partial charge is 0.489 e. The SMILES string of the molecule is CONC(COc1ccc(COc2ccc(C(C#N)CC(=O)O)cc2)cc1)=C1CC1. The molecule has 1 aliphatic rings. The van der Waals surface area contributed by atoms with E-state index in [9.17, 15) is 4.79 Å². The molecule has 0 radical (unpaired) electrons. The van der Waals surface area contributed by atoms with Gasteiger partial charge in [0.15, 0.2) is 0 Å². The van der Waals surface area contributed by atoms with Crippen LogP contribution in [0, 0.1) is 11.3 Å². The molecule has 2 aromatic rings. The Hall–Kier alpha value is -3.50. The van der Waals surface area contributed by atoms with Crippen LogP contribution in [0.25, 0.3) is 0 Å². The maximum Gasteiger partial charge on any atom is 0.305 e. The Kier molecular flexibility index (Phi) is 7.30. The fourth-order valence-corrected chi connectivity index (χ4v) is 2.90. The second kappa shape index (κ2) is 10.3. The molecule has 1 unspecified atom stereocenters. The van der Waals surface area contributed by atoms with Crippen molar-refractivity contribution >= 4 is 5.97 Å². The van der Waals surface area contributed by atoms with Crippen molar-refractivity contribution in [2.24, 2.45) is 0 Å². The number of nitriles is 1. The standard InChI is InChI=1S/C23H24N2O5/c1-28-25-22(18-4-5-18)15-30-20-8-2-16(3-9-20)14-29-21-10-6-17(7-11-21)19(13-24)12-23(26)27/h2-3,6-11,19,25H,4-5,12,14-15H2,1H3,(H,26,27). The Morgan fingerprint density at radius 3 is 2.30 bits per heavy atom. The summed E-state index contributed by atoms with van der Waals surface area (Å²) in [7, 11) is 1.59. The lowest BCUT2D eigenvalue weighted by molar-refractivity contribution is -0.137. The molecule has 1 atom stereocenters. The van der Waals surface area contributed by atoms with Crippen molar-refractivity contribution in [1.82, 2.24) is 5.48 Å². The summed E-state index contributed by atoms with van der Waals surface area (Å²) in [4.78, 5) is 15.8. The average Bonchev–Trinajstić information content (AvgIpc) is 3.60. The number of carbonyl (C=O) groups is 1. The van der Waals surface area contributed by atoms with Gasteiger partial charge in [-0.2, -0.15) is 5.26 Å². The normalized spacial score (nSPS) is 13.1. The Balaban J connectivity index is 1.49. The van der Waals surface area contributed by atoms with Crippen molar-refractivity contribution < 1.29 is 24.2 Å². The van der Waals surface area contributed by atoms with E-state index in [4.69, 9.17) is 24.7 Å². The molecule has 7 heteroatoms. The molecule has 0 saturated heterocycles. The van der Waals surface area contributed by atoms with Crippen molar-refractivity contribution in [2.45, 2.75) is 31.8 Å². The van der Waals surface area contributed by atoms with Crippen LogP contribution in [0.5, 0.6) is 11.5 Å². The molecule has 1 aliphatic carbocycles. The molecule has 0 aliphatic heterocycles. The lowest BCUT2D eigenvalue weighted by atomic mass is 9.97. The summed E-state index contributed by atoms with van der Waals surface area (Å²) in [6.45, 7) is 0.827. The molecule has 3 rings (SSSR count). The molecule has 7 nitrogen and oxygen atoms in total. The number of nitrogens with zero attached hydrogens (tertiary/aromatic N) is 1. The van der Waals surface area contributed by atoms with Crippen molar-refractivity contribution in [3.8, 4) is 17.6 Å². The molecule has 2 aromatic carbocycles. The van der Waals surface area contributed by atoms with Gasteiger partial charge in [-0.1, -0.05) is 24.3 Å². The van der Waals surface area contributed by atoms with Crippen molar-refractivity contribution in [2.75, 3.05) is 13.7 Å². The molecular weight excluding hydrogens is 384 g/mol. The number of benzene rings is 2. The molecule has 0 spiro atoms. The van der Waals surface area contributed by atoms with Crippen LogP contribution >= 0.6 is 0 Å². The zero-order valence-electron chi connectivity index (χ0n) is 16.8. The average molecular weight is 408 g/mol. The van der Waals surface area contributed by atoms with Crippen LogP contribution in [-0.2, 0) is 16.2 Å². The summed E-state index contributed by atoms with van der Waals surface area (Å²) in [6, 6.07) is 16.6. The van der Waals surface area contributed by atoms with E-state index in [1.54, 1.807) is 31.4 Å². The van der Waals surface area contributed by atoms with Gasteiger partial charge in [-0.3, -0.25) is 15.1 Å². The number of allylic oxidation sites excluding steroid dienone is 1. The number of rotatable bonds is 11. The molecule has 0 amide bonds. The summed E-state index contributed by atoms with van der Waals surface area (Å²) >= 11 is 0. The first-order valence-corrected chi connectivity index (χ1v) is 9.65. The topological polar surface area (TPSA) is 101 Å². The van der Waals surface area contributed by atoms with Gasteiger partial charge in [0.2, 0.25) is 0 Å². The van der Waals surface area contributed by atoms with E-state index >= 15 is 0 Å². The molecule has 1 fully saturated rings. The van der Waals surface area contributed by atoms with E-state index in [1.165, 1.54) is 5.57 Å². The Morgan fingerprint density at radius 1 is 1.10 bits per heavy atom. The maximum absolute atomic E-state index is 10.8. The van der Waals surface area contributed by atoms with Crippen LogP contribution in [0.4, 0.5) is 0 Å². The highest BCUT2D eigenvalue weighted by atomic mass is 16.6. The van der Waals surface area contributed by atoms with Crippen LogP contribution in [0.2, 0.25) is 0 Å². The number of carboxylic acid groups (broad SMARTS) is 1. The van der Waals surface area contributed by atoms with Crippen LogP contribution < -0.4 is 15.0 Å². The van der Waals surface area contributed by atoms with Gasteiger partial charge < -0.3 is 14.6 Å². The predicted molar refractivity (Wildman–Crippen MR) is 110 cm³/mol. The lowest BCUT2D eigenvalue weighted by Crippen LogP contribution is -2.17. The third-order valence-corrected chi connectivity index (χ3v) is 4.68. The van der Waals surface area contributed by atoms with E-state index in [0.29, 0.717) is 24.5 Å². The van der Waals surface area contributed by atoms with Gasteiger partial charge in [0.25, 0.3) is 0 Å². The van der Waals surface area contributed by atoms with Gasteiger partial charge in [0.05, 0.1) is 31.2 Å². The third kappa shape index (κ3) is 6.26. The third-order valence-electron chi connectivity index (χ3n) is 4.68. The number of hydrogen-bond donors (Lipinski definition) is 2. The molecule has 0 aromatic heterocycles. The Labute approximate surface area is 175 Å².